The second-order valence-electron chi connectivity index (χ2n) is 7.59. The van der Waals surface area contributed by atoms with Gasteiger partial charge in [0.1, 0.15) is 4.21 Å². The van der Waals surface area contributed by atoms with Crippen molar-refractivity contribution < 1.29 is 22.7 Å². The number of methoxy groups -OCH3 is 1. The van der Waals surface area contributed by atoms with Crippen LogP contribution >= 0.6 is 11.3 Å². The number of sulfonamides is 1. The van der Waals surface area contributed by atoms with Crippen LogP contribution in [0.2, 0.25) is 0 Å². The minimum absolute atomic E-state index is 0.0948. The van der Waals surface area contributed by atoms with E-state index in [4.69, 9.17) is 9.47 Å². The molecule has 0 saturated heterocycles. The van der Waals surface area contributed by atoms with Crippen LogP contribution in [0.1, 0.15) is 22.4 Å². The Morgan fingerprint density at radius 3 is 2.73 bits per heavy atom. The Balaban J connectivity index is 1.43. The maximum absolute atomic E-state index is 12.8. The number of rotatable bonds is 8. The zero-order chi connectivity index (χ0) is 23.4. The molecule has 0 radical (unpaired) electrons. The second kappa shape index (κ2) is 9.90. The van der Waals surface area contributed by atoms with Gasteiger partial charge in [-0.15, -0.1) is 11.3 Å². The molecule has 8 nitrogen and oxygen atoms in total. The van der Waals surface area contributed by atoms with Crippen LogP contribution < -0.4 is 14.2 Å². The summed E-state index contributed by atoms with van der Waals surface area (Å²) >= 11 is 1.18. The normalized spacial score (nSPS) is 13.5. The molecule has 2 aromatic heterocycles. The smallest absolute Gasteiger partial charge is 0.260 e. The fraction of sp³-hybridized carbons (Fsp3) is 0.304. The molecule has 1 aliphatic heterocycles. The quantitative estimate of drug-likeness (QED) is 0.525. The number of carbonyl (C=O) groups is 1. The molecule has 3 heterocycles. The minimum Gasteiger partial charge on any atom is -0.493 e. The van der Waals surface area contributed by atoms with Crippen molar-refractivity contribution >= 4 is 27.3 Å². The summed E-state index contributed by atoms with van der Waals surface area (Å²) in [6.07, 6.45) is 2.39. The second-order valence-corrected chi connectivity index (χ2v) is 10.5. The molecule has 10 heteroatoms. The van der Waals surface area contributed by atoms with Gasteiger partial charge in [0.2, 0.25) is 10.0 Å². The van der Waals surface area contributed by atoms with Crippen molar-refractivity contribution in [1.82, 2.24) is 14.6 Å². The monoisotopic (exact) mass is 487 g/mol. The maximum atomic E-state index is 12.8. The molecule has 33 heavy (non-hydrogen) atoms. The first-order valence-electron chi connectivity index (χ1n) is 10.4. The van der Waals surface area contributed by atoms with E-state index in [2.05, 4.69) is 9.71 Å². The van der Waals surface area contributed by atoms with E-state index in [0.717, 1.165) is 22.4 Å². The number of aromatic nitrogens is 1. The average molecular weight is 488 g/mol. The third-order valence-electron chi connectivity index (χ3n) is 5.57. The number of pyridine rings is 1. The lowest BCUT2D eigenvalue weighted by Gasteiger charge is -2.30. The number of carbonyl (C=O) groups excluding carboxylic acids is 1. The summed E-state index contributed by atoms with van der Waals surface area (Å²) in [5.41, 5.74) is 3.61. The molecule has 1 aliphatic rings. The summed E-state index contributed by atoms with van der Waals surface area (Å²) in [4.78, 5) is 18.9. The van der Waals surface area contributed by atoms with Crippen LogP contribution in [0.5, 0.6) is 11.5 Å². The Morgan fingerprint density at radius 1 is 1.21 bits per heavy atom. The molecule has 0 fully saturated rings. The minimum atomic E-state index is -3.57. The van der Waals surface area contributed by atoms with Gasteiger partial charge in [0, 0.05) is 31.5 Å². The maximum Gasteiger partial charge on any atom is 0.260 e. The molecule has 0 unspecified atom stereocenters. The van der Waals surface area contributed by atoms with Crippen LogP contribution in [0.15, 0.2) is 52.2 Å². The fourth-order valence-corrected chi connectivity index (χ4v) is 5.83. The predicted octanol–water partition coefficient (Wildman–Crippen LogP) is 2.90. The van der Waals surface area contributed by atoms with Crippen molar-refractivity contribution in [1.29, 1.82) is 0 Å². The number of hydrogen-bond acceptors (Lipinski definition) is 7. The molecule has 1 aromatic carbocycles. The number of fused-ring (bicyclic) bond motifs is 1. The highest BCUT2D eigenvalue weighted by atomic mass is 32.2. The number of para-hydroxylation sites is 2. The van der Waals surface area contributed by atoms with Crippen molar-refractivity contribution in [2.24, 2.45) is 0 Å². The highest BCUT2D eigenvalue weighted by molar-refractivity contribution is 7.91. The summed E-state index contributed by atoms with van der Waals surface area (Å²) in [6.45, 7) is 2.86. The average Bonchev–Trinajstić information content (AvgIpc) is 3.38. The van der Waals surface area contributed by atoms with E-state index in [9.17, 15) is 13.2 Å². The van der Waals surface area contributed by atoms with E-state index in [0.29, 0.717) is 31.0 Å². The van der Waals surface area contributed by atoms with Crippen LogP contribution in [-0.4, -0.2) is 44.5 Å². The van der Waals surface area contributed by atoms with Gasteiger partial charge in [-0.3, -0.25) is 9.78 Å². The Labute approximate surface area is 197 Å². The number of hydrogen-bond donors (Lipinski definition) is 1. The van der Waals surface area contributed by atoms with Gasteiger partial charge in [-0.2, -0.15) is 0 Å². The summed E-state index contributed by atoms with van der Waals surface area (Å²) in [5, 5.41) is 1.73. The Bertz CT molecular complexity index is 1240. The Hall–Kier alpha value is -2.95. The van der Waals surface area contributed by atoms with E-state index in [1.807, 2.05) is 19.1 Å². The van der Waals surface area contributed by atoms with E-state index in [-0.39, 0.29) is 23.3 Å². The van der Waals surface area contributed by atoms with Gasteiger partial charge in [-0.05, 0) is 53.6 Å². The van der Waals surface area contributed by atoms with Crippen molar-refractivity contribution in [2.45, 2.75) is 30.6 Å². The first-order valence-corrected chi connectivity index (χ1v) is 12.8. The summed E-state index contributed by atoms with van der Waals surface area (Å²) in [5.74, 6) is 0.957. The number of aryl methyl sites for hydroxylation is 1. The molecule has 1 N–H and O–H groups in total. The third kappa shape index (κ3) is 5.18. The van der Waals surface area contributed by atoms with Gasteiger partial charge in [0.15, 0.2) is 18.1 Å². The highest BCUT2D eigenvalue weighted by Crippen LogP contribution is 2.27. The highest BCUT2D eigenvalue weighted by Gasteiger charge is 2.25. The third-order valence-corrected chi connectivity index (χ3v) is 8.37. The lowest BCUT2D eigenvalue weighted by Crippen LogP contribution is -2.39. The van der Waals surface area contributed by atoms with Crippen molar-refractivity contribution in [2.75, 3.05) is 20.3 Å². The van der Waals surface area contributed by atoms with E-state index in [1.165, 1.54) is 11.3 Å². The van der Waals surface area contributed by atoms with Gasteiger partial charge in [0.25, 0.3) is 5.91 Å². The molecule has 0 bridgehead atoms. The van der Waals surface area contributed by atoms with Gasteiger partial charge >= 0.3 is 0 Å². The van der Waals surface area contributed by atoms with Crippen LogP contribution in [0.4, 0.5) is 0 Å². The molecular weight excluding hydrogens is 462 g/mol. The van der Waals surface area contributed by atoms with Gasteiger partial charge in [-0.1, -0.05) is 18.2 Å². The Kier molecular flexibility index (Phi) is 6.96. The summed E-state index contributed by atoms with van der Waals surface area (Å²) in [6, 6.07) is 10.5. The molecule has 0 saturated carbocycles. The Morgan fingerprint density at radius 2 is 2.00 bits per heavy atom. The van der Waals surface area contributed by atoms with Gasteiger partial charge < -0.3 is 14.4 Å². The van der Waals surface area contributed by atoms with E-state index in [1.54, 1.807) is 47.9 Å². The lowest BCUT2D eigenvalue weighted by molar-refractivity contribution is -0.134. The summed E-state index contributed by atoms with van der Waals surface area (Å²) in [7, 11) is -2.02. The van der Waals surface area contributed by atoms with Crippen molar-refractivity contribution in [3.63, 3.8) is 0 Å². The SMILES string of the molecule is COc1ccccc1OCC(=O)N1CCc2c(cnc(C)c2CNS(=O)(=O)c2cccs2)C1. The number of amides is 1. The molecule has 3 aromatic rings. The predicted molar refractivity (Wildman–Crippen MR) is 125 cm³/mol. The molecule has 1 amide bonds. The van der Waals surface area contributed by atoms with Crippen LogP contribution in [-0.2, 0) is 34.3 Å². The van der Waals surface area contributed by atoms with E-state index >= 15 is 0 Å². The van der Waals surface area contributed by atoms with Gasteiger partial charge in [0.05, 0.1) is 7.11 Å². The fourth-order valence-electron chi connectivity index (χ4n) is 3.79. The topological polar surface area (TPSA) is 97.8 Å². The van der Waals surface area contributed by atoms with Crippen LogP contribution in [0.25, 0.3) is 0 Å². The molecule has 4 rings (SSSR count). The van der Waals surface area contributed by atoms with Crippen molar-refractivity contribution in [3.05, 3.63) is 70.4 Å². The number of nitrogens with one attached hydrogen (secondary N) is 1. The molecular formula is C23H25N3O5S2. The standard InChI is InChI=1S/C23H25N3O5S2/c1-16-19(13-25-33(28,29)23-8-5-11-32-23)18-9-10-26(14-17(18)12-24-16)22(27)15-31-21-7-4-3-6-20(21)30-2/h3-8,11-12,25H,9-10,13-15H2,1-2H3. The zero-order valence-electron chi connectivity index (χ0n) is 18.4. The van der Waals surface area contributed by atoms with E-state index < -0.39 is 10.0 Å². The number of ether oxygens (including phenoxy) is 2. The molecule has 0 spiro atoms. The van der Waals surface area contributed by atoms with Gasteiger partial charge in [-0.25, -0.2) is 13.1 Å². The molecule has 0 aliphatic carbocycles. The number of thiophene rings is 1. The molecule has 174 valence electrons. The van der Waals surface area contributed by atoms with Crippen LogP contribution in [0, 0.1) is 6.92 Å². The first-order chi connectivity index (χ1) is 15.9. The number of benzene rings is 1. The first kappa shape index (κ1) is 23.2. The largest absolute Gasteiger partial charge is 0.493 e. The molecule has 0 atom stereocenters. The summed E-state index contributed by atoms with van der Waals surface area (Å²) < 4.78 is 39.0. The van der Waals surface area contributed by atoms with Crippen LogP contribution in [0.3, 0.4) is 0 Å². The zero-order valence-corrected chi connectivity index (χ0v) is 20.0. The number of nitrogens with zero attached hydrogens (tertiary/aromatic N) is 2. The lowest BCUT2D eigenvalue weighted by atomic mass is 9.95. The van der Waals surface area contributed by atoms with Crippen molar-refractivity contribution in [3.8, 4) is 11.5 Å².